The molecule has 0 N–H and O–H groups in total. The molecule has 2 aliphatic rings. The second-order valence-corrected chi connectivity index (χ2v) is 7.47. The van der Waals surface area contributed by atoms with Crippen LogP contribution in [0, 0.1) is 0 Å². The first-order valence-electron chi connectivity index (χ1n) is 9.12. The van der Waals surface area contributed by atoms with Crippen LogP contribution < -0.4 is 0 Å². The van der Waals surface area contributed by atoms with E-state index in [2.05, 4.69) is 0 Å². The van der Waals surface area contributed by atoms with Gasteiger partial charge >= 0.3 is 6.18 Å². The van der Waals surface area contributed by atoms with Crippen LogP contribution in [0.3, 0.4) is 0 Å². The van der Waals surface area contributed by atoms with E-state index in [0.29, 0.717) is 21.9 Å². The first-order chi connectivity index (χ1) is 14.8. The Morgan fingerprint density at radius 1 is 0.656 bits per heavy atom. The number of fused-ring (bicyclic) bond motifs is 2. The SMILES string of the molecule is CN1C(=O)c2ccc(C(c3ccc4c(c3)C(=O)N(C)C4=O)(C(F)F)C(F)(F)F)cc2C1=O. The van der Waals surface area contributed by atoms with E-state index >= 15 is 0 Å². The van der Waals surface area contributed by atoms with E-state index in [9.17, 15) is 41.1 Å². The van der Waals surface area contributed by atoms with Gasteiger partial charge in [0.25, 0.3) is 30.1 Å². The fourth-order valence-corrected chi connectivity index (χ4v) is 4.08. The fourth-order valence-electron chi connectivity index (χ4n) is 4.08. The van der Waals surface area contributed by atoms with Crippen molar-refractivity contribution in [3.8, 4) is 0 Å². The van der Waals surface area contributed by atoms with Gasteiger partial charge < -0.3 is 0 Å². The average molecular weight is 452 g/mol. The van der Waals surface area contributed by atoms with Gasteiger partial charge in [-0.1, -0.05) is 12.1 Å². The number of imide groups is 2. The summed E-state index contributed by atoms with van der Waals surface area (Å²) in [5.74, 6) is -3.38. The molecular formula is C21H13F5N2O4. The lowest BCUT2D eigenvalue weighted by molar-refractivity contribution is -0.211. The van der Waals surface area contributed by atoms with E-state index < -0.39 is 63.9 Å². The van der Waals surface area contributed by atoms with E-state index in [-0.39, 0.29) is 11.1 Å². The highest BCUT2D eigenvalue weighted by Crippen LogP contribution is 2.51. The summed E-state index contributed by atoms with van der Waals surface area (Å²) >= 11 is 0. The van der Waals surface area contributed by atoms with Crippen molar-refractivity contribution < 1.29 is 41.1 Å². The Morgan fingerprint density at radius 3 is 1.31 bits per heavy atom. The molecule has 0 aromatic heterocycles. The predicted molar refractivity (Wildman–Crippen MR) is 98.6 cm³/mol. The summed E-state index contributed by atoms with van der Waals surface area (Å²) in [5.41, 5.74) is -7.15. The number of amides is 4. The standard InChI is InChI=1S/C21H13F5N2O4/c1-27-15(29)11-5-3-9(7-13(11)17(27)31)20(19(22)23,21(24,25)26)10-4-6-12-14(8-10)18(32)28(2)16(12)30/h3-8,19H,1-2H3. The topological polar surface area (TPSA) is 74.8 Å². The van der Waals surface area contributed by atoms with Gasteiger partial charge in [-0.3, -0.25) is 29.0 Å². The molecule has 0 saturated carbocycles. The van der Waals surface area contributed by atoms with Crippen molar-refractivity contribution in [1.82, 2.24) is 9.80 Å². The monoisotopic (exact) mass is 452 g/mol. The van der Waals surface area contributed by atoms with Crippen molar-refractivity contribution in [2.75, 3.05) is 14.1 Å². The van der Waals surface area contributed by atoms with Gasteiger partial charge in [0.05, 0.1) is 22.3 Å². The van der Waals surface area contributed by atoms with Gasteiger partial charge in [0.15, 0.2) is 5.41 Å². The molecule has 166 valence electrons. The molecule has 0 unspecified atom stereocenters. The third kappa shape index (κ3) is 2.56. The maximum atomic E-state index is 14.4. The Hall–Kier alpha value is -3.63. The Bertz CT molecular complexity index is 1140. The van der Waals surface area contributed by atoms with Crippen LogP contribution in [0.5, 0.6) is 0 Å². The van der Waals surface area contributed by atoms with Crippen molar-refractivity contribution >= 4 is 23.6 Å². The Kier molecular flexibility index (Phi) is 4.51. The Morgan fingerprint density at radius 2 is 1.00 bits per heavy atom. The zero-order valence-corrected chi connectivity index (χ0v) is 16.5. The molecule has 0 bridgehead atoms. The number of halogens is 5. The van der Waals surface area contributed by atoms with Crippen LogP contribution in [0.4, 0.5) is 22.0 Å². The zero-order valence-electron chi connectivity index (χ0n) is 16.5. The number of benzene rings is 2. The Balaban J connectivity index is 2.01. The largest absolute Gasteiger partial charge is 0.407 e. The average Bonchev–Trinajstić information content (AvgIpc) is 3.07. The van der Waals surface area contributed by atoms with E-state index in [1.807, 2.05) is 0 Å². The fraction of sp³-hybridized carbons (Fsp3) is 0.238. The first-order valence-corrected chi connectivity index (χ1v) is 9.12. The molecular weight excluding hydrogens is 439 g/mol. The summed E-state index contributed by atoms with van der Waals surface area (Å²) in [5, 5.41) is 0. The highest BCUT2D eigenvalue weighted by Gasteiger charge is 2.64. The summed E-state index contributed by atoms with van der Waals surface area (Å²) in [6.07, 6.45) is -9.62. The van der Waals surface area contributed by atoms with Crippen molar-refractivity contribution in [3.63, 3.8) is 0 Å². The van der Waals surface area contributed by atoms with Gasteiger partial charge in [-0.15, -0.1) is 0 Å². The van der Waals surface area contributed by atoms with E-state index in [1.54, 1.807) is 0 Å². The summed E-state index contributed by atoms with van der Waals surface area (Å²) in [7, 11) is 2.24. The molecule has 11 heteroatoms. The maximum Gasteiger partial charge on any atom is 0.407 e. The number of carbonyl (C=O) groups excluding carboxylic acids is 4. The molecule has 4 amide bonds. The predicted octanol–water partition coefficient (Wildman–Crippen LogP) is 3.25. The molecule has 0 radical (unpaired) electrons. The minimum Gasteiger partial charge on any atom is -0.277 e. The molecule has 0 aliphatic carbocycles. The quantitative estimate of drug-likeness (QED) is 0.530. The third-order valence-corrected chi connectivity index (χ3v) is 5.86. The molecule has 6 nitrogen and oxygen atoms in total. The van der Waals surface area contributed by atoms with E-state index in [1.165, 1.54) is 0 Å². The number of hydrogen-bond donors (Lipinski definition) is 0. The van der Waals surface area contributed by atoms with Crippen LogP contribution in [-0.4, -0.2) is 60.1 Å². The molecule has 2 aromatic carbocycles. The molecule has 2 aliphatic heterocycles. The highest BCUT2D eigenvalue weighted by atomic mass is 19.4. The lowest BCUT2D eigenvalue weighted by atomic mass is 9.72. The van der Waals surface area contributed by atoms with Gasteiger partial charge in [0.1, 0.15) is 0 Å². The summed E-state index contributed by atoms with van der Waals surface area (Å²) in [6, 6.07) is 4.49. The summed E-state index contributed by atoms with van der Waals surface area (Å²) in [4.78, 5) is 50.0. The lowest BCUT2D eigenvalue weighted by Crippen LogP contribution is -2.49. The van der Waals surface area contributed by atoms with Crippen molar-refractivity contribution in [1.29, 1.82) is 0 Å². The van der Waals surface area contributed by atoms with Crippen molar-refractivity contribution in [2.24, 2.45) is 0 Å². The number of alkyl halides is 5. The second kappa shape index (κ2) is 6.68. The smallest absolute Gasteiger partial charge is 0.277 e. The molecule has 0 spiro atoms. The normalized spacial score (nSPS) is 16.4. The number of carbonyl (C=O) groups is 4. The molecule has 0 atom stereocenters. The van der Waals surface area contributed by atoms with Crippen LogP contribution >= 0.6 is 0 Å². The van der Waals surface area contributed by atoms with Gasteiger partial charge in [0, 0.05) is 14.1 Å². The Labute approximate surface area is 177 Å². The minimum absolute atomic E-state index is 0.206. The van der Waals surface area contributed by atoms with Gasteiger partial charge in [-0.25, -0.2) is 8.78 Å². The molecule has 4 rings (SSSR count). The van der Waals surface area contributed by atoms with Gasteiger partial charge in [0.2, 0.25) is 0 Å². The van der Waals surface area contributed by atoms with Gasteiger partial charge in [-0.05, 0) is 35.4 Å². The molecule has 32 heavy (non-hydrogen) atoms. The van der Waals surface area contributed by atoms with E-state index in [4.69, 9.17) is 0 Å². The highest BCUT2D eigenvalue weighted by molar-refractivity contribution is 6.22. The molecule has 0 saturated heterocycles. The van der Waals surface area contributed by atoms with Crippen LogP contribution in [0.25, 0.3) is 0 Å². The van der Waals surface area contributed by atoms with Crippen LogP contribution in [0.2, 0.25) is 0 Å². The summed E-state index contributed by atoms with van der Waals surface area (Å²) in [6.45, 7) is 0. The summed E-state index contributed by atoms with van der Waals surface area (Å²) < 4.78 is 72.0. The number of hydrogen-bond acceptors (Lipinski definition) is 4. The number of rotatable bonds is 3. The zero-order chi connectivity index (χ0) is 23.7. The van der Waals surface area contributed by atoms with Crippen molar-refractivity contribution in [3.05, 3.63) is 69.8 Å². The van der Waals surface area contributed by atoms with Crippen LogP contribution in [0.15, 0.2) is 36.4 Å². The van der Waals surface area contributed by atoms with Crippen molar-refractivity contribution in [2.45, 2.75) is 18.0 Å². The molecule has 2 heterocycles. The lowest BCUT2D eigenvalue weighted by Gasteiger charge is -2.36. The maximum absolute atomic E-state index is 14.4. The van der Waals surface area contributed by atoms with Crippen LogP contribution in [-0.2, 0) is 5.41 Å². The van der Waals surface area contributed by atoms with Crippen LogP contribution in [0.1, 0.15) is 52.6 Å². The third-order valence-electron chi connectivity index (χ3n) is 5.86. The molecule has 2 aromatic rings. The minimum atomic E-state index is -5.57. The second-order valence-electron chi connectivity index (χ2n) is 7.47. The van der Waals surface area contributed by atoms with E-state index in [0.717, 1.165) is 38.4 Å². The number of nitrogens with zero attached hydrogens (tertiary/aromatic N) is 2. The molecule has 0 fully saturated rings. The first kappa shape index (κ1) is 21.6. The van der Waals surface area contributed by atoms with Gasteiger partial charge in [-0.2, -0.15) is 13.2 Å².